The third kappa shape index (κ3) is 3.57. The van der Waals surface area contributed by atoms with Gasteiger partial charge >= 0.3 is 0 Å². The molecule has 0 saturated carbocycles. The lowest BCUT2D eigenvalue weighted by Gasteiger charge is -2.25. The molecule has 0 bridgehead atoms. The standard InChI is InChI=1S/C15H22N2O/c1-12-5-3-4-6-13(12)11-18-15-7-8-17-14(9-15)10-16-2/h3-4,7-9,12-13,16H,5-6,10-11H2,1-2H3. The average Bonchev–Trinajstić information content (AvgIpc) is 2.39. The highest BCUT2D eigenvalue weighted by atomic mass is 16.5. The summed E-state index contributed by atoms with van der Waals surface area (Å²) in [6.07, 6.45) is 8.67. The minimum atomic E-state index is 0.635. The number of rotatable bonds is 5. The Balaban J connectivity index is 1.89. The lowest BCUT2D eigenvalue weighted by molar-refractivity contribution is 0.198. The molecule has 2 atom stereocenters. The number of hydrogen-bond acceptors (Lipinski definition) is 3. The second kappa shape index (κ2) is 6.55. The molecular formula is C15H22N2O. The number of aromatic nitrogens is 1. The van der Waals surface area contributed by atoms with Crippen molar-refractivity contribution in [3.63, 3.8) is 0 Å². The lowest BCUT2D eigenvalue weighted by atomic mass is 9.85. The SMILES string of the molecule is CNCc1cc(OCC2CC=CCC2C)ccn1. The molecule has 2 unspecified atom stereocenters. The van der Waals surface area contributed by atoms with Gasteiger partial charge in [-0.05, 0) is 37.8 Å². The molecule has 98 valence electrons. The number of nitrogens with one attached hydrogen (secondary N) is 1. The van der Waals surface area contributed by atoms with E-state index in [-0.39, 0.29) is 0 Å². The van der Waals surface area contributed by atoms with Gasteiger partial charge < -0.3 is 10.1 Å². The van der Waals surface area contributed by atoms with Gasteiger partial charge in [0, 0.05) is 18.8 Å². The monoisotopic (exact) mass is 246 g/mol. The molecule has 1 aliphatic carbocycles. The van der Waals surface area contributed by atoms with E-state index in [1.165, 1.54) is 6.42 Å². The van der Waals surface area contributed by atoms with Crippen LogP contribution in [0.25, 0.3) is 0 Å². The zero-order chi connectivity index (χ0) is 12.8. The molecule has 1 heterocycles. The summed E-state index contributed by atoms with van der Waals surface area (Å²) in [6, 6.07) is 3.95. The van der Waals surface area contributed by atoms with Crippen molar-refractivity contribution in [2.45, 2.75) is 26.3 Å². The van der Waals surface area contributed by atoms with Crippen molar-refractivity contribution in [1.29, 1.82) is 0 Å². The molecule has 0 spiro atoms. The minimum Gasteiger partial charge on any atom is -0.493 e. The van der Waals surface area contributed by atoms with E-state index in [9.17, 15) is 0 Å². The molecular weight excluding hydrogens is 224 g/mol. The Hall–Kier alpha value is -1.35. The van der Waals surface area contributed by atoms with Gasteiger partial charge in [-0.2, -0.15) is 0 Å². The molecule has 0 aromatic carbocycles. The minimum absolute atomic E-state index is 0.635. The van der Waals surface area contributed by atoms with Crippen LogP contribution in [-0.2, 0) is 6.54 Å². The number of ether oxygens (including phenoxy) is 1. The predicted molar refractivity (Wildman–Crippen MR) is 73.5 cm³/mol. The fourth-order valence-corrected chi connectivity index (χ4v) is 2.27. The van der Waals surface area contributed by atoms with Crippen molar-refractivity contribution in [2.24, 2.45) is 11.8 Å². The van der Waals surface area contributed by atoms with Crippen LogP contribution in [0.2, 0.25) is 0 Å². The number of allylic oxidation sites excluding steroid dienone is 2. The van der Waals surface area contributed by atoms with Crippen LogP contribution in [0, 0.1) is 11.8 Å². The summed E-state index contributed by atoms with van der Waals surface area (Å²) in [6.45, 7) is 3.88. The summed E-state index contributed by atoms with van der Waals surface area (Å²) in [5.41, 5.74) is 1.02. The van der Waals surface area contributed by atoms with Crippen LogP contribution in [0.5, 0.6) is 5.75 Å². The van der Waals surface area contributed by atoms with Gasteiger partial charge in [-0.3, -0.25) is 4.98 Å². The zero-order valence-corrected chi connectivity index (χ0v) is 11.2. The molecule has 0 fully saturated rings. The van der Waals surface area contributed by atoms with E-state index in [1.807, 2.05) is 25.4 Å². The van der Waals surface area contributed by atoms with Gasteiger partial charge in [0.25, 0.3) is 0 Å². The highest BCUT2D eigenvalue weighted by molar-refractivity contribution is 5.22. The average molecular weight is 246 g/mol. The summed E-state index contributed by atoms with van der Waals surface area (Å²) >= 11 is 0. The molecule has 1 N–H and O–H groups in total. The van der Waals surface area contributed by atoms with Gasteiger partial charge in [0.2, 0.25) is 0 Å². The molecule has 1 aliphatic rings. The zero-order valence-electron chi connectivity index (χ0n) is 11.2. The number of hydrogen-bond donors (Lipinski definition) is 1. The van der Waals surface area contributed by atoms with Crippen molar-refractivity contribution in [3.05, 3.63) is 36.2 Å². The quantitative estimate of drug-likeness (QED) is 0.811. The first-order chi connectivity index (χ1) is 8.79. The molecule has 3 nitrogen and oxygen atoms in total. The Labute approximate surface area is 109 Å². The van der Waals surface area contributed by atoms with Gasteiger partial charge in [0.15, 0.2) is 0 Å². The van der Waals surface area contributed by atoms with Crippen LogP contribution >= 0.6 is 0 Å². The summed E-state index contributed by atoms with van der Waals surface area (Å²) in [7, 11) is 1.92. The first-order valence-corrected chi connectivity index (χ1v) is 6.67. The molecule has 1 aromatic rings. The van der Waals surface area contributed by atoms with Crippen molar-refractivity contribution in [1.82, 2.24) is 10.3 Å². The van der Waals surface area contributed by atoms with E-state index in [4.69, 9.17) is 4.74 Å². The van der Waals surface area contributed by atoms with Crippen LogP contribution in [0.3, 0.4) is 0 Å². The highest BCUT2D eigenvalue weighted by Gasteiger charge is 2.18. The molecule has 0 aliphatic heterocycles. The van der Waals surface area contributed by atoms with Crippen LogP contribution in [-0.4, -0.2) is 18.6 Å². The molecule has 0 radical (unpaired) electrons. The van der Waals surface area contributed by atoms with Crippen LogP contribution in [0.15, 0.2) is 30.5 Å². The Morgan fingerprint density at radius 2 is 2.22 bits per heavy atom. The van der Waals surface area contributed by atoms with Crippen LogP contribution in [0.1, 0.15) is 25.5 Å². The normalized spacial score (nSPS) is 23.0. The summed E-state index contributed by atoms with van der Waals surface area (Å²) in [5, 5.41) is 3.10. The largest absolute Gasteiger partial charge is 0.493 e. The van der Waals surface area contributed by atoms with Crippen molar-refractivity contribution in [3.8, 4) is 5.75 Å². The molecule has 0 amide bonds. The summed E-state index contributed by atoms with van der Waals surface area (Å²) < 4.78 is 5.90. The fraction of sp³-hybridized carbons (Fsp3) is 0.533. The summed E-state index contributed by atoms with van der Waals surface area (Å²) in [5.74, 6) is 2.28. The molecule has 18 heavy (non-hydrogen) atoms. The second-order valence-electron chi connectivity index (χ2n) is 5.00. The van der Waals surface area contributed by atoms with Gasteiger partial charge in [0.1, 0.15) is 5.75 Å². The second-order valence-corrected chi connectivity index (χ2v) is 5.00. The summed E-state index contributed by atoms with van der Waals surface area (Å²) in [4.78, 5) is 4.29. The lowest BCUT2D eigenvalue weighted by Crippen LogP contribution is -2.21. The van der Waals surface area contributed by atoms with Gasteiger partial charge in [0.05, 0.1) is 12.3 Å². The maximum Gasteiger partial charge on any atom is 0.122 e. The Kier molecular flexibility index (Phi) is 4.76. The van der Waals surface area contributed by atoms with Crippen molar-refractivity contribution >= 4 is 0 Å². The number of nitrogens with zero attached hydrogens (tertiary/aromatic N) is 1. The highest BCUT2D eigenvalue weighted by Crippen LogP contribution is 2.25. The molecule has 0 saturated heterocycles. The topological polar surface area (TPSA) is 34.1 Å². The maximum absolute atomic E-state index is 5.90. The van der Waals surface area contributed by atoms with E-state index in [2.05, 4.69) is 29.4 Å². The third-order valence-corrected chi connectivity index (χ3v) is 3.53. The first kappa shape index (κ1) is 13.1. The van der Waals surface area contributed by atoms with Crippen LogP contribution < -0.4 is 10.1 Å². The van der Waals surface area contributed by atoms with Gasteiger partial charge in [-0.15, -0.1) is 0 Å². The smallest absolute Gasteiger partial charge is 0.122 e. The van der Waals surface area contributed by atoms with Gasteiger partial charge in [-0.1, -0.05) is 19.1 Å². The first-order valence-electron chi connectivity index (χ1n) is 6.67. The Morgan fingerprint density at radius 3 is 3.00 bits per heavy atom. The van der Waals surface area contributed by atoms with E-state index in [0.717, 1.165) is 31.0 Å². The number of pyridine rings is 1. The molecule has 3 heteroatoms. The third-order valence-electron chi connectivity index (χ3n) is 3.53. The Morgan fingerprint density at radius 1 is 1.39 bits per heavy atom. The fourth-order valence-electron chi connectivity index (χ4n) is 2.27. The van der Waals surface area contributed by atoms with E-state index in [0.29, 0.717) is 11.8 Å². The predicted octanol–water partition coefficient (Wildman–Crippen LogP) is 2.78. The van der Waals surface area contributed by atoms with Crippen molar-refractivity contribution < 1.29 is 4.74 Å². The Bertz CT molecular complexity index is 403. The van der Waals surface area contributed by atoms with Crippen molar-refractivity contribution in [2.75, 3.05) is 13.7 Å². The van der Waals surface area contributed by atoms with Crippen LogP contribution in [0.4, 0.5) is 0 Å². The van der Waals surface area contributed by atoms with E-state index >= 15 is 0 Å². The van der Waals surface area contributed by atoms with Gasteiger partial charge in [-0.25, -0.2) is 0 Å². The van der Waals surface area contributed by atoms with E-state index in [1.54, 1.807) is 0 Å². The molecule has 2 rings (SSSR count). The molecule has 1 aromatic heterocycles. The van der Waals surface area contributed by atoms with E-state index < -0.39 is 0 Å². The maximum atomic E-state index is 5.90.